The molecule has 0 atom stereocenters. The van der Waals surface area contributed by atoms with Gasteiger partial charge in [-0.15, -0.1) is 0 Å². The second kappa shape index (κ2) is 4.54. The predicted octanol–water partition coefficient (Wildman–Crippen LogP) is 4.19. The van der Waals surface area contributed by atoms with Crippen molar-refractivity contribution >= 4 is 23.2 Å². The Labute approximate surface area is 97.4 Å². The fraction of sp³-hybridized carbons (Fsp3) is 1.00. The first-order valence-electron chi connectivity index (χ1n) is 3.33. The van der Waals surface area contributed by atoms with E-state index >= 15 is 0 Å². The highest BCUT2D eigenvalue weighted by molar-refractivity contribution is 6.43. The molecule has 17 heavy (non-hydrogen) atoms. The Balaban J connectivity index is 5.39. The maximum Gasteiger partial charge on any atom is 0.460 e. The fourth-order valence-corrected chi connectivity index (χ4v) is 0.770. The Bertz CT molecular complexity index is 273. The topological polar surface area (TPSA) is 9.23 Å². The van der Waals surface area contributed by atoms with Crippen molar-refractivity contribution in [3.63, 3.8) is 0 Å². The van der Waals surface area contributed by atoms with Gasteiger partial charge in [0, 0.05) is 0 Å². The zero-order valence-corrected chi connectivity index (χ0v) is 8.66. The largest absolute Gasteiger partial charge is 0.460 e. The molecule has 12 heteroatoms. The van der Waals surface area contributed by atoms with Crippen LogP contribution in [0.4, 0.5) is 39.5 Å². The van der Waals surface area contributed by atoms with Crippen LogP contribution in [0.3, 0.4) is 0 Å². The molecule has 104 valence electrons. The molecule has 0 radical (unpaired) electrons. The third kappa shape index (κ3) is 3.02. The summed E-state index contributed by atoms with van der Waals surface area (Å²) in [6.07, 6.45) is -13.1. The molecule has 0 spiro atoms. The van der Waals surface area contributed by atoms with Crippen molar-refractivity contribution in [2.75, 3.05) is 0 Å². The highest BCUT2D eigenvalue weighted by Crippen LogP contribution is 2.53. The van der Waals surface area contributed by atoms with E-state index in [-0.39, 0.29) is 0 Å². The van der Waals surface area contributed by atoms with Gasteiger partial charge in [0.25, 0.3) is 0 Å². The van der Waals surface area contributed by atoms with Crippen LogP contribution >= 0.6 is 23.2 Å². The van der Waals surface area contributed by atoms with Crippen LogP contribution in [0.1, 0.15) is 0 Å². The highest BCUT2D eigenvalue weighted by Gasteiger charge is 2.83. The molecule has 0 amide bonds. The summed E-state index contributed by atoms with van der Waals surface area (Å²) >= 11 is 8.87. The van der Waals surface area contributed by atoms with Crippen LogP contribution in [0.5, 0.6) is 0 Å². The van der Waals surface area contributed by atoms with Crippen molar-refractivity contribution in [1.82, 2.24) is 0 Å². The third-order valence-electron chi connectivity index (χ3n) is 1.35. The maximum atomic E-state index is 12.4. The molecule has 0 fully saturated rings. The predicted molar refractivity (Wildman–Crippen MR) is 37.5 cm³/mol. The maximum absolute atomic E-state index is 12.4. The highest BCUT2D eigenvalue weighted by atomic mass is 35.5. The molecule has 0 aliphatic rings. The fourth-order valence-electron chi connectivity index (χ4n) is 0.547. The molecule has 0 bridgehead atoms. The Hall–Kier alpha value is -0.0900. The lowest BCUT2D eigenvalue weighted by Crippen LogP contribution is -2.61. The van der Waals surface area contributed by atoms with Crippen LogP contribution in [0.25, 0.3) is 0 Å². The molecule has 0 saturated heterocycles. The summed E-state index contributed by atoms with van der Waals surface area (Å²) in [5, 5.41) is -2.72. The normalized spacial score (nSPS) is 15.5. The van der Waals surface area contributed by atoms with E-state index in [1.807, 2.05) is 0 Å². The molecule has 0 saturated carbocycles. The zero-order valence-electron chi connectivity index (χ0n) is 7.14. The molecule has 0 aliphatic carbocycles. The van der Waals surface area contributed by atoms with E-state index < -0.39 is 29.2 Å². The quantitative estimate of drug-likeness (QED) is 0.558. The lowest BCUT2D eigenvalue weighted by molar-refractivity contribution is -0.443. The number of rotatable bonds is 4. The van der Waals surface area contributed by atoms with E-state index in [1.54, 1.807) is 0 Å². The van der Waals surface area contributed by atoms with Crippen LogP contribution in [0.15, 0.2) is 0 Å². The second-order valence-electron chi connectivity index (χ2n) is 2.54. The number of ether oxygens (including phenoxy) is 1. The Morgan fingerprint density at radius 1 is 0.706 bits per heavy atom. The lowest BCUT2D eigenvalue weighted by Gasteiger charge is -2.33. The Morgan fingerprint density at radius 2 is 1.06 bits per heavy atom. The van der Waals surface area contributed by atoms with E-state index in [0.717, 1.165) is 0 Å². The van der Waals surface area contributed by atoms with Gasteiger partial charge in [0.1, 0.15) is 0 Å². The zero-order chi connectivity index (χ0) is 14.3. The van der Waals surface area contributed by atoms with E-state index in [0.29, 0.717) is 0 Å². The van der Waals surface area contributed by atoms with E-state index in [1.165, 1.54) is 0 Å². The summed E-state index contributed by atoms with van der Waals surface area (Å²) in [7, 11) is 0. The summed E-state index contributed by atoms with van der Waals surface area (Å²) < 4.78 is 111. The van der Waals surface area contributed by atoms with Gasteiger partial charge < -0.3 is 0 Å². The minimum atomic E-state index is -7.02. The summed E-state index contributed by atoms with van der Waals surface area (Å²) in [6.45, 7) is 0. The van der Waals surface area contributed by atoms with Crippen molar-refractivity contribution in [3.05, 3.63) is 0 Å². The minimum Gasteiger partial charge on any atom is -0.281 e. The molecule has 0 rings (SSSR count). The van der Waals surface area contributed by atoms with Gasteiger partial charge >= 0.3 is 24.1 Å². The first-order chi connectivity index (χ1) is 7.17. The summed E-state index contributed by atoms with van der Waals surface area (Å²) in [6, 6.07) is 0. The van der Waals surface area contributed by atoms with E-state index in [9.17, 15) is 39.5 Å². The number of hydrogen-bond donors (Lipinski definition) is 0. The van der Waals surface area contributed by atoms with Crippen LogP contribution in [0, 0.1) is 0 Å². The minimum absolute atomic E-state index is 2.65. The molecule has 0 N–H and O–H groups in total. The van der Waals surface area contributed by atoms with Gasteiger partial charge in [0.2, 0.25) is 5.02 Å². The van der Waals surface area contributed by atoms with E-state index in [2.05, 4.69) is 27.9 Å². The van der Waals surface area contributed by atoms with Gasteiger partial charge in [-0.25, -0.2) is 0 Å². The molecule has 0 heterocycles. The van der Waals surface area contributed by atoms with Crippen LogP contribution < -0.4 is 0 Å². The van der Waals surface area contributed by atoms with Crippen molar-refractivity contribution < 1.29 is 44.3 Å². The Morgan fingerprint density at radius 3 is 1.29 bits per heavy atom. The van der Waals surface area contributed by atoms with Gasteiger partial charge in [-0.3, -0.25) is 4.74 Å². The molecule has 0 aromatic carbocycles. The smallest absolute Gasteiger partial charge is 0.281 e. The van der Waals surface area contributed by atoms with Gasteiger partial charge in [-0.1, -0.05) is 23.2 Å². The SMILES string of the molecule is FC(F)(F)C(F)(F)C(F)(F)C(F)(F)OC(Cl)Cl. The number of halogens is 11. The van der Waals surface area contributed by atoms with Crippen LogP contribution in [0.2, 0.25) is 0 Å². The number of alkyl halides is 11. The molecular formula is C5HCl2F9O. The average Bonchev–Trinajstić information content (AvgIpc) is 1.98. The molecule has 0 aromatic heterocycles. The van der Waals surface area contributed by atoms with Gasteiger partial charge in [0.05, 0.1) is 0 Å². The first kappa shape index (κ1) is 16.9. The van der Waals surface area contributed by atoms with Crippen molar-refractivity contribution in [3.8, 4) is 0 Å². The van der Waals surface area contributed by atoms with Crippen LogP contribution in [-0.4, -0.2) is 29.2 Å². The molecular weight excluding hydrogens is 318 g/mol. The van der Waals surface area contributed by atoms with Crippen molar-refractivity contribution in [2.24, 2.45) is 0 Å². The molecule has 1 nitrogen and oxygen atoms in total. The summed E-state index contributed by atoms with van der Waals surface area (Å²) in [4.78, 5) is 0. The monoisotopic (exact) mass is 318 g/mol. The summed E-state index contributed by atoms with van der Waals surface area (Å²) in [5.74, 6) is -13.9. The standard InChI is InChI=1S/C5HCl2F9O/c6-1(7)17-5(15,16)3(10,11)2(8,9)4(12,13)14/h1H. The average molecular weight is 319 g/mol. The van der Waals surface area contributed by atoms with Gasteiger partial charge in [-0.2, -0.15) is 39.5 Å². The molecule has 0 aromatic rings. The van der Waals surface area contributed by atoms with Crippen molar-refractivity contribution in [2.45, 2.75) is 29.2 Å². The lowest BCUT2D eigenvalue weighted by atomic mass is 10.1. The van der Waals surface area contributed by atoms with Crippen LogP contribution in [-0.2, 0) is 4.74 Å². The third-order valence-corrected chi connectivity index (χ3v) is 1.53. The summed E-state index contributed by atoms with van der Waals surface area (Å²) in [5.41, 5.74) is 0. The van der Waals surface area contributed by atoms with Gasteiger partial charge in [0.15, 0.2) is 0 Å². The molecule has 0 aliphatic heterocycles. The Kier molecular flexibility index (Phi) is 4.52. The first-order valence-corrected chi connectivity index (χ1v) is 4.20. The van der Waals surface area contributed by atoms with Gasteiger partial charge in [-0.05, 0) is 0 Å². The van der Waals surface area contributed by atoms with Crippen molar-refractivity contribution in [1.29, 1.82) is 0 Å². The molecule has 0 unspecified atom stereocenters. The van der Waals surface area contributed by atoms with E-state index in [4.69, 9.17) is 0 Å². The second-order valence-corrected chi connectivity index (χ2v) is 3.56. The number of hydrogen-bond acceptors (Lipinski definition) is 1.